The minimum absolute atomic E-state index is 0.0481. The van der Waals surface area contributed by atoms with Crippen LogP contribution in [0.1, 0.15) is 58.9 Å². The second-order valence-corrected chi connectivity index (χ2v) is 8.31. The van der Waals surface area contributed by atoms with Crippen LogP contribution in [0.15, 0.2) is 45.5 Å². The van der Waals surface area contributed by atoms with E-state index in [0.29, 0.717) is 17.4 Å². The number of nitrogens with one attached hydrogen (secondary N) is 1. The molecule has 0 spiro atoms. The zero-order valence-electron chi connectivity index (χ0n) is 15.9. The Balaban J connectivity index is 1.51. The fraction of sp³-hybridized carbons (Fsp3) is 0.273. The number of amides is 1. The van der Waals surface area contributed by atoms with Crippen LogP contribution in [-0.2, 0) is 0 Å². The van der Waals surface area contributed by atoms with Gasteiger partial charge in [0.05, 0.1) is 6.04 Å². The minimum atomic E-state index is -0.647. The first-order chi connectivity index (χ1) is 13.8. The number of hydrogen-bond acceptors (Lipinski definition) is 3. The number of carbonyl (C=O) groups excluding carboxylic acids is 1. The third-order valence-electron chi connectivity index (χ3n) is 5.10. The summed E-state index contributed by atoms with van der Waals surface area (Å²) in [5.41, 5.74) is 2.40. The average Bonchev–Trinajstić information content (AvgIpc) is 3.41. The molecule has 29 heavy (non-hydrogen) atoms. The molecule has 0 saturated heterocycles. The number of carbonyl (C=O) groups is 1. The lowest BCUT2D eigenvalue weighted by Gasteiger charge is -2.14. The summed E-state index contributed by atoms with van der Waals surface area (Å²) in [5, 5.41) is 2.70. The number of benzene rings is 2. The van der Waals surface area contributed by atoms with Crippen molar-refractivity contribution < 1.29 is 18.0 Å². The maximum Gasteiger partial charge on any atom is 0.273 e. The first kappa shape index (κ1) is 19.8. The lowest BCUT2D eigenvalue weighted by molar-refractivity contribution is 0.0934. The Morgan fingerprint density at radius 1 is 1.21 bits per heavy atom. The van der Waals surface area contributed by atoms with E-state index >= 15 is 0 Å². The standard InChI is InChI=1S/C22H19BrF2N2O2/c1-11-18(24)8-14(9-19(11)25)12(2)26-21(28)20-10-29-22(27-20)16-5-15(13-3-4-13)6-17(23)7-16/h5-10,12-13H,3-4H2,1-2H3,(H,26,28)/t12-/m1/s1. The molecule has 1 fully saturated rings. The molecule has 1 N–H and O–H groups in total. The van der Waals surface area contributed by atoms with E-state index in [1.807, 2.05) is 12.1 Å². The number of oxazole rings is 1. The summed E-state index contributed by atoms with van der Waals surface area (Å²) >= 11 is 3.51. The number of rotatable bonds is 5. The van der Waals surface area contributed by atoms with Crippen LogP contribution >= 0.6 is 15.9 Å². The van der Waals surface area contributed by atoms with Gasteiger partial charge in [-0.2, -0.15) is 0 Å². The van der Waals surface area contributed by atoms with Crippen LogP contribution in [-0.4, -0.2) is 10.9 Å². The first-order valence-electron chi connectivity index (χ1n) is 9.34. The van der Waals surface area contributed by atoms with Crippen molar-refractivity contribution >= 4 is 21.8 Å². The molecule has 1 aliphatic rings. The molecule has 2 aromatic carbocycles. The third kappa shape index (κ3) is 4.24. The molecule has 0 unspecified atom stereocenters. The van der Waals surface area contributed by atoms with E-state index in [0.717, 1.165) is 10.0 Å². The van der Waals surface area contributed by atoms with Crippen LogP contribution in [0.4, 0.5) is 8.78 Å². The van der Waals surface area contributed by atoms with E-state index in [1.165, 1.54) is 43.7 Å². The molecule has 3 aromatic rings. The third-order valence-corrected chi connectivity index (χ3v) is 5.56. The summed E-state index contributed by atoms with van der Waals surface area (Å²) in [4.78, 5) is 16.8. The van der Waals surface area contributed by atoms with Crippen LogP contribution in [0.2, 0.25) is 0 Å². The topological polar surface area (TPSA) is 55.1 Å². The molecule has 0 aliphatic heterocycles. The van der Waals surface area contributed by atoms with Crippen LogP contribution in [0.3, 0.4) is 0 Å². The fourth-order valence-corrected chi connectivity index (χ4v) is 3.68. The maximum absolute atomic E-state index is 13.8. The Kier molecular flexibility index (Phi) is 5.25. The van der Waals surface area contributed by atoms with E-state index < -0.39 is 23.6 Å². The van der Waals surface area contributed by atoms with E-state index in [2.05, 4.69) is 32.3 Å². The Labute approximate surface area is 175 Å². The zero-order chi connectivity index (χ0) is 20.7. The number of hydrogen-bond donors (Lipinski definition) is 1. The van der Waals surface area contributed by atoms with Gasteiger partial charge in [0.25, 0.3) is 5.91 Å². The first-order valence-corrected chi connectivity index (χ1v) is 10.1. The largest absolute Gasteiger partial charge is 0.444 e. The Morgan fingerprint density at radius 2 is 1.90 bits per heavy atom. The van der Waals surface area contributed by atoms with Gasteiger partial charge in [0.2, 0.25) is 5.89 Å². The summed E-state index contributed by atoms with van der Waals surface area (Å²) in [6, 6.07) is 7.84. The van der Waals surface area contributed by atoms with Gasteiger partial charge >= 0.3 is 0 Å². The zero-order valence-corrected chi connectivity index (χ0v) is 17.5. The molecule has 1 saturated carbocycles. The van der Waals surface area contributed by atoms with Crippen molar-refractivity contribution in [3.05, 3.63) is 75.1 Å². The molecule has 7 heteroatoms. The normalized spacial score (nSPS) is 14.7. The lowest BCUT2D eigenvalue weighted by atomic mass is 10.1. The van der Waals surface area contributed by atoms with Crippen LogP contribution in [0.5, 0.6) is 0 Å². The van der Waals surface area contributed by atoms with Gasteiger partial charge < -0.3 is 9.73 Å². The van der Waals surface area contributed by atoms with Crippen LogP contribution in [0.25, 0.3) is 11.5 Å². The predicted molar refractivity (Wildman–Crippen MR) is 109 cm³/mol. The molecule has 0 radical (unpaired) electrons. The Morgan fingerprint density at radius 3 is 2.55 bits per heavy atom. The number of aromatic nitrogens is 1. The van der Waals surface area contributed by atoms with E-state index in [9.17, 15) is 13.6 Å². The smallest absolute Gasteiger partial charge is 0.273 e. The molecule has 150 valence electrons. The molecule has 1 atom stereocenters. The summed E-state index contributed by atoms with van der Waals surface area (Å²) < 4.78 is 34.0. The summed E-state index contributed by atoms with van der Waals surface area (Å²) in [7, 11) is 0. The second kappa shape index (κ2) is 7.71. The monoisotopic (exact) mass is 460 g/mol. The quantitative estimate of drug-likeness (QED) is 0.503. The SMILES string of the molecule is Cc1c(F)cc([C@@H](C)NC(=O)c2coc(-c3cc(Br)cc(C4CC4)c3)n2)cc1F. The summed E-state index contributed by atoms with van der Waals surface area (Å²) in [6.07, 6.45) is 3.63. The summed E-state index contributed by atoms with van der Waals surface area (Å²) in [5.74, 6) is -0.859. The van der Waals surface area contributed by atoms with Crippen LogP contribution < -0.4 is 5.32 Å². The molecule has 4 nitrogen and oxygen atoms in total. The van der Waals surface area contributed by atoms with Gasteiger partial charge in [-0.15, -0.1) is 0 Å². The van der Waals surface area contributed by atoms with Gasteiger partial charge in [0.1, 0.15) is 17.9 Å². The molecular formula is C22H19BrF2N2O2. The van der Waals surface area contributed by atoms with Gasteiger partial charge in [-0.25, -0.2) is 13.8 Å². The molecule has 1 amide bonds. The Bertz CT molecular complexity index is 1070. The highest BCUT2D eigenvalue weighted by Gasteiger charge is 2.25. The lowest BCUT2D eigenvalue weighted by Crippen LogP contribution is -2.27. The van der Waals surface area contributed by atoms with Crippen molar-refractivity contribution in [2.24, 2.45) is 0 Å². The van der Waals surface area contributed by atoms with Crippen molar-refractivity contribution in [2.45, 2.75) is 38.6 Å². The van der Waals surface area contributed by atoms with Gasteiger partial charge in [0, 0.05) is 15.6 Å². The van der Waals surface area contributed by atoms with Gasteiger partial charge in [-0.3, -0.25) is 4.79 Å². The molecule has 4 rings (SSSR count). The molecule has 1 aliphatic carbocycles. The molecule has 1 aromatic heterocycles. The second-order valence-electron chi connectivity index (χ2n) is 7.39. The van der Waals surface area contributed by atoms with Crippen molar-refractivity contribution in [1.82, 2.24) is 10.3 Å². The van der Waals surface area contributed by atoms with Crippen molar-refractivity contribution in [2.75, 3.05) is 0 Å². The minimum Gasteiger partial charge on any atom is -0.444 e. The van der Waals surface area contributed by atoms with Gasteiger partial charge in [-0.1, -0.05) is 15.9 Å². The van der Waals surface area contributed by atoms with Gasteiger partial charge in [0.15, 0.2) is 5.69 Å². The Hall–Kier alpha value is -2.54. The van der Waals surface area contributed by atoms with Crippen molar-refractivity contribution in [3.8, 4) is 11.5 Å². The van der Waals surface area contributed by atoms with E-state index in [1.54, 1.807) is 6.92 Å². The number of nitrogens with zero attached hydrogens (tertiary/aromatic N) is 1. The molecule has 1 heterocycles. The van der Waals surface area contributed by atoms with E-state index in [-0.39, 0.29) is 11.3 Å². The fourth-order valence-electron chi connectivity index (χ4n) is 3.17. The summed E-state index contributed by atoms with van der Waals surface area (Å²) in [6.45, 7) is 3.02. The van der Waals surface area contributed by atoms with E-state index in [4.69, 9.17) is 4.42 Å². The molecular weight excluding hydrogens is 442 g/mol. The highest BCUT2D eigenvalue weighted by atomic mass is 79.9. The highest BCUT2D eigenvalue weighted by Crippen LogP contribution is 2.42. The van der Waals surface area contributed by atoms with Crippen molar-refractivity contribution in [3.63, 3.8) is 0 Å². The molecule has 0 bridgehead atoms. The number of halogens is 3. The van der Waals surface area contributed by atoms with Crippen molar-refractivity contribution in [1.29, 1.82) is 0 Å². The van der Waals surface area contributed by atoms with Gasteiger partial charge in [-0.05, 0) is 74.1 Å². The van der Waals surface area contributed by atoms with Crippen LogP contribution in [0, 0.1) is 18.6 Å². The average molecular weight is 461 g/mol. The predicted octanol–water partition coefficient (Wildman–Crippen LogP) is 6.06. The highest BCUT2D eigenvalue weighted by molar-refractivity contribution is 9.10. The maximum atomic E-state index is 13.8.